The third-order valence-corrected chi connectivity index (χ3v) is 10.7. The Hall–Kier alpha value is -6.45. The second-order valence-corrected chi connectivity index (χ2v) is 16.5. The number of carbonyl (C=O) groups excluding carboxylic acids is 4. The molecule has 11 N–H and O–H groups in total. The van der Waals surface area contributed by atoms with Crippen molar-refractivity contribution in [1.82, 2.24) is 29.6 Å². The Morgan fingerprint density at radius 1 is 0.754 bits per heavy atom. The molecule has 0 bridgehead atoms. The third kappa shape index (κ3) is 15.0. The number of carbonyl (C=O) groups is 4. The average molecular weight is 861 g/mol. The smallest absolute Gasteiger partial charge is 0.254 e. The Bertz CT molecular complexity index is 2270. The summed E-state index contributed by atoms with van der Waals surface area (Å²) in [6.07, 6.45) is 7.84. The maximum Gasteiger partial charge on any atom is 0.254 e. The van der Waals surface area contributed by atoms with E-state index < -0.39 is 21.8 Å². The van der Waals surface area contributed by atoms with E-state index in [-0.39, 0.29) is 48.1 Å². The highest BCUT2D eigenvalue weighted by Crippen LogP contribution is 2.24. The monoisotopic (exact) mass is 860 g/mol. The summed E-state index contributed by atoms with van der Waals surface area (Å²) in [5, 5.41) is 21.3. The molecule has 2 aliphatic rings. The van der Waals surface area contributed by atoms with E-state index in [1.807, 2.05) is 6.07 Å². The summed E-state index contributed by atoms with van der Waals surface area (Å²) in [6, 6.07) is 14.2. The zero-order chi connectivity index (χ0) is 43.2. The van der Waals surface area contributed by atoms with Crippen molar-refractivity contribution >= 4 is 79.9 Å². The predicted octanol–water partition coefficient (Wildman–Crippen LogP) is 3.69. The van der Waals surface area contributed by atoms with Crippen molar-refractivity contribution < 1.29 is 27.6 Å². The van der Waals surface area contributed by atoms with Crippen LogP contribution >= 0.6 is 0 Å². The first-order valence-electron chi connectivity index (χ1n) is 19.4. The largest absolute Gasteiger partial charge is 0.369 e. The Kier molecular flexibility index (Phi) is 17.2. The Balaban J connectivity index is 0.000000266. The summed E-state index contributed by atoms with van der Waals surface area (Å²) in [5.41, 5.74) is 13.9. The van der Waals surface area contributed by atoms with Crippen LogP contribution in [0.4, 0.5) is 46.3 Å². The SMILES string of the molecule is C.CC(=O)Nc1cccc(Nc2ncc(C(N)=O)c(NCC3CCCN(S(C)(=O)=O)C3)n2)c1.CC(=O)Nc1cccc(Nc2ncc(C(N)=O)c(NCC3CCCNC3)n2)c1. The minimum atomic E-state index is -3.25. The number of nitrogens with one attached hydrogen (secondary N) is 7. The van der Waals surface area contributed by atoms with Crippen LogP contribution < -0.4 is 48.7 Å². The van der Waals surface area contributed by atoms with Crippen LogP contribution in [0.2, 0.25) is 0 Å². The van der Waals surface area contributed by atoms with Gasteiger partial charge in [-0.25, -0.2) is 22.7 Å². The molecule has 4 aromatic rings. The van der Waals surface area contributed by atoms with Gasteiger partial charge in [0, 0.05) is 75.2 Å². The quantitative estimate of drug-likeness (QED) is 0.0824. The van der Waals surface area contributed by atoms with E-state index in [0.717, 1.165) is 38.8 Å². The van der Waals surface area contributed by atoms with Crippen molar-refractivity contribution in [3.05, 3.63) is 72.1 Å². The second kappa shape index (κ2) is 22.2. The number of nitrogens with zero attached hydrogens (tertiary/aromatic N) is 5. The molecule has 2 fully saturated rings. The summed E-state index contributed by atoms with van der Waals surface area (Å²) in [7, 11) is -3.25. The lowest BCUT2D eigenvalue weighted by molar-refractivity contribution is -0.115. The van der Waals surface area contributed by atoms with Gasteiger partial charge in [-0.3, -0.25) is 19.2 Å². The number of hydrogen-bond donors (Lipinski definition) is 9. The van der Waals surface area contributed by atoms with E-state index >= 15 is 0 Å². The Morgan fingerprint density at radius 2 is 1.23 bits per heavy atom. The van der Waals surface area contributed by atoms with Crippen LogP contribution in [0.1, 0.15) is 67.7 Å². The van der Waals surface area contributed by atoms with Gasteiger partial charge < -0.3 is 48.7 Å². The van der Waals surface area contributed by atoms with Gasteiger partial charge in [0.2, 0.25) is 33.7 Å². The molecule has 0 aliphatic carbocycles. The van der Waals surface area contributed by atoms with E-state index in [0.29, 0.717) is 66.6 Å². The lowest BCUT2D eigenvalue weighted by atomic mass is 10.00. The highest BCUT2D eigenvalue weighted by Gasteiger charge is 2.26. The number of sulfonamides is 1. The first-order chi connectivity index (χ1) is 28.6. The summed E-state index contributed by atoms with van der Waals surface area (Å²) < 4.78 is 25.2. The summed E-state index contributed by atoms with van der Waals surface area (Å²) in [6.45, 7) is 6.90. The number of primary amides is 2. The van der Waals surface area contributed by atoms with Crippen molar-refractivity contribution in [2.24, 2.45) is 23.3 Å². The van der Waals surface area contributed by atoms with Crippen molar-refractivity contribution in [3.63, 3.8) is 0 Å². The highest BCUT2D eigenvalue weighted by atomic mass is 32.2. The van der Waals surface area contributed by atoms with Gasteiger partial charge in [0.25, 0.3) is 11.8 Å². The van der Waals surface area contributed by atoms with Gasteiger partial charge in [-0.2, -0.15) is 9.97 Å². The number of rotatable bonds is 15. The maximum atomic E-state index is 11.8. The fourth-order valence-corrected chi connectivity index (χ4v) is 7.55. The fraction of sp³-hybridized carbons (Fsp3) is 0.400. The van der Waals surface area contributed by atoms with Crippen LogP contribution in [-0.2, 0) is 19.6 Å². The predicted molar refractivity (Wildman–Crippen MR) is 238 cm³/mol. The summed E-state index contributed by atoms with van der Waals surface area (Å²) >= 11 is 0. The minimum Gasteiger partial charge on any atom is -0.369 e. The molecule has 21 heteroatoms. The van der Waals surface area contributed by atoms with Gasteiger partial charge in [0.05, 0.1) is 17.4 Å². The first-order valence-corrected chi connectivity index (χ1v) is 21.2. The molecule has 0 spiro atoms. The number of piperidine rings is 2. The molecule has 2 aliphatic heterocycles. The highest BCUT2D eigenvalue weighted by molar-refractivity contribution is 7.88. The molecule has 4 amide bonds. The third-order valence-electron chi connectivity index (χ3n) is 9.45. The maximum absolute atomic E-state index is 11.8. The second-order valence-electron chi connectivity index (χ2n) is 14.5. The van der Waals surface area contributed by atoms with Gasteiger partial charge in [-0.05, 0) is 87.0 Å². The van der Waals surface area contributed by atoms with E-state index in [4.69, 9.17) is 11.5 Å². The lowest BCUT2D eigenvalue weighted by Gasteiger charge is -2.31. The van der Waals surface area contributed by atoms with E-state index in [1.54, 1.807) is 42.5 Å². The molecule has 61 heavy (non-hydrogen) atoms. The first kappa shape index (κ1) is 47.2. The van der Waals surface area contributed by atoms with E-state index in [1.165, 1.54) is 36.8 Å². The van der Waals surface area contributed by atoms with Crippen LogP contribution in [0.3, 0.4) is 0 Å². The standard InChI is InChI=1S/C20H27N7O4S.C19H25N7O2.CH4/c1-13(28)24-15-6-3-7-16(9-15)25-20-23-11-17(18(21)29)19(26-20)22-10-14-5-4-8-27(12-14)32(2,30)31;1-12(27)24-14-5-2-6-15(8-14)25-19-23-11-16(17(20)28)18(26-19)22-10-13-4-3-7-21-9-13;/h3,6-7,9,11,14H,4-5,8,10,12H2,1-2H3,(H2,21,29)(H,24,28)(H2,22,23,25,26);2,5-6,8,11,13,21H,3-4,7,9-10H2,1H3,(H2,20,28)(H,24,27)(H2,22,23,25,26);1H4. The van der Waals surface area contributed by atoms with Gasteiger partial charge in [0.1, 0.15) is 11.6 Å². The van der Waals surface area contributed by atoms with Crippen LogP contribution in [0, 0.1) is 11.8 Å². The molecule has 20 nitrogen and oxygen atoms in total. The number of amides is 4. The van der Waals surface area contributed by atoms with Crippen molar-refractivity contribution in [2.45, 2.75) is 47.0 Å². The Labute approximate surface area is 355 Å². The molecule has 0 radical (unpaired) electrons. The molecule has 2 unspecified atom stereocenters. The molecule has 0 saturated carbocycles. The lowest BCUT2D eigenvalue weighted by Crippen LogP contribution is -2.41. The number of nitrogens with two attached hydrogens (primary N) is 2. The number of benzene rings is 2. The normalized spacial score (nSPS) is 16.3. The molecular formula is C40H56N14O6S. The van der Waals surface area contributed by atoms with E-state index in [9.17, 15) is 27.6 Å². The molecule has 2 saturated heterocycles. The van der Waals surface area contributed by atoms with Crippen molar-refractivity contribution in [2.75, 3.05) is 77.4 Å². The van der Waals surface area contributed by atoms with Crippen molar-refractivity contribution in [1.29, 1.82) is 0 Å². The average Bonchev–Trinajstić information content (AvgIpc) is 3.19. The van der Waals surface area contributed by atoms with Gasteiger partial charge in [0.15, 0.2) is 0 Å². The number of aromatic nitrogens is 4. The number of hydrogen-bond acceptors (Lipinski definition) is 15. The van der Waals surface area contributed by atoms with Crippen LogP contribution in [0.5, 0.6) is 0 Å². The van der Waals surface area contributed by atoms with Crippen LogP contribution in [0.25, 0.3) is 0 Å². The molecule has 328 valence electrons. The topological polar surface area (TPSA) is 293 Å². The summed E-state index contributed by atoms with van der Waals surface area (Å²) in [4.78, 5) is 63.2. The zero-order valence-electron chi connectivity index (χ0n) is 33.7. The molecule has 2 atom stereocenters. The Morgan fingerprint density at radius 3 is 1.67 bits per heavy atom. The van der Waals surface area contributed by atoms with Crippen LogP contribution in [-0.4, -0.2) is 102 Å². The fourth-order valence-electron chi connectivity index (χ4n) is 6.60. The molecule has 2 aromatic heterocycles. The number of anilines is 8. The molecule has 2 aromatic carbocycles. The van der Waals surface area contributed by atoms with Crippen LogP contribution in [0.15, 0.2) is 60.9 Å². The van der Waals surface area contributed by atoms with Crippen molar-refractivity contribution in [3.8, 4) is 0 Å². The molecule has 6 rings (SSSR count). The minimum absolute atomic E-state index is 0. The molecule has 4 heterocycles. The summed E-state index contributed by atoms with van der Waals surface area (Å²) in [5.74, 6) is 0.189. The zero-order valence-corrected chi connectivity index (χ0v) is 34.6. The van der Waals surface area contributed by atoms with Gasteiger partial charge in [-0.15, -0.1) is 0 Å². The molecular weight excluding hydrogens is 805 g/mol. The van der Waals surface area contributed by atoms with Gasteiger partial charge >= 0.3 is 0 Å². The van der Waals surface area contributed by atoms with E-state index in [2.05, 4.69) is 57.2 Å². The van der Waals surface area contributed by atoms with Gasteiger partial charge in [-0.1, -0.05) is 19.6 Å².